The number of rotatable bonds is 3. The Balaban J connectivity index is 2.25. The minimum atomic E-state index is -0.0869. The second kappa shape index (κ2) is 5.87. The van der Waals surface area contributed by atoms with Gasteiger partial charge >= 0.3 is 0 Å². The Hall–Kier alpha value is -0.830. The van der Waals surface area contributed by atoms with Crippen LogP contribution in [0.3, 0.4) is 0 Å². The lowest BCUT2D eigenvalue weighted by molar-refractivity contribution is 0.718. The molecule has 1 nitrogen and oxygen atoms in total. The predicted octanol–water partition coefficient (Wildman–Crippen LogP) is 4.65. The van der Waals surface area contributed by atoms with Gasteiger partial charge in [0.05, 0.1) is 0 Å². The van der Waals surface area contributed by atoms with E-state index in [2.05, 4.69) is 35.0 Å². The topological polar surface area (TPSA) is 26.0 Å². The average Bonchev–Trinajstić information content (AvgIpc) is 2.35. The molecule has 0 saturated carbocycles. The monoisotopic (exact) mass is 323 g/mol. The Kier molecular flexibility index (Phi) is 4.44. The Morgan fingerprint density at radius 1 is 1.22 bits per heavy atom. The van der Waals surface area contributed by atoms with E-state index in [0.717, 1.165) is 21.5 Å². The molecule has 2 aromatic carbocycles. The van der Waals surface area contributed by atoms with E-state index in [1.54, 1.807) is 0 Å². The van der Waals surface area contributed by atoms with Gasteiger partial charge in [0.25, 0.3) is 0 Å². The molecule has 0 spiro atoms. The van der Waals surface area contributed by atoms with Gasteiger partial charge in [0.2, 0.25) is 0 Å². The third-order valence-electron chi connectivity index (χ3n) is 3.06. The van der Waals surface area contributed by atoms with E-state index in [1.807, 2.05) is 30.3 Å². The van der Waals surface area contributed by atoms with Crippen molar-refractivity contribution < 1.29 is 0 Å². The van der Waals surface area contributed by atoms with Crippen LogP contribution in [0.15, 0.2) is 46.9 Å². The first kappa shape index (κ1) is 13.6. The molecule has 18 heavy (non-hydrogen) atoms. The van der Waals surface area contributed by atoms with E-state index in [-0.39, 0.29) is 6.04 Å². The molecule has 0 aliphatic carbocycles. The zero-order valence-corrected chi connectivity index (χ0v) is 12.5. The Morgan fingerprint density at radius 3 is 2.67 bits per heavy atom. The molecule has 94 valence electrons. The molecule has 0 radical (unpaired) electrons. The third kappa shape index (κ3) is 3.14. The SMILES string of the molecule is Cc1ccccc1CC(N)c1cc(Br)ccc1Cl. The summed E-state index contributed by atoms with van der Waals surface area (Å²) in [7, 11) is 0. The summed E-state index contributed by atoms with van der Waals surface area (Å²) < 4.78 is 1.00. The van der Waals surface area contributed by atoms with Gasteiger partial charge in [-0.2, -0.15) is 0 Å². The Labute approximate surface area is 121 Å². The lowest BCUT2D eigenvalue weighted by atomic mass is 9.97. The molecule has 0 heterocycles. The molecule has 2 N–H and O–H groups in total. The largest absolute Gasteiger partial charge is 0.324 e. The molecule has 0 aliphatic heterocycles. The summed E-state index contributed by atoms with van der Waals surface area (Å²) in [5.74, 6) is 0. The van der Waals surface area contributed by atoms with Crippen LogP contribution in [0.25, 0.3) is 0 Å². The third-order valence-corrected chi connectivity index (χ3v) is 3.90. The number of aryl methyl sites for hydroxylation is 1. The van der Waals surface area contributed by atoms with Crippen molar-refractivity contribution in [3.8, 4) is 0 Å². The molecular weight excluding hydrogens is 310 g/mol. The van der Waals surface area contributed by atoms with Crippen molar-refractivity contribution in [2.45, 2.75) is 19.4 Å². The van der Waals surface area contributed by atoms with E-state index in [0.29, 0.717) is 0 Å². The van der Waals surface area contributed by atoms with Crippen molar-refractivity contribution in [3.05, 3.63) is 68.7 Å². The lowest BCUT2D eigenvalue weighted by Gasteiger charge is -2.15. The molecule has 0 bridgehead atoms. The van der Waals surface area contributed by atoms with Crippen LogP contribution in [0.4, 0.5) is 0 Å². The second-order valence-electron chi connectivity index (χ2n) is 4.40. The summed E-state index contributed by atoms with van der Waals surface area (Å²) in [6.45, 7) is 2.10. The van der Waals surface area contributed by atoms with Gasteiger partial charge in [-0.1, -0.05) is 51.8 Å². The van der Waals surface area contributed by atoms with Gasteiger partial charge in [-0.15, -0.1) is 0 Å². The summed E-state index contributed by atoms with van der Waals surface area (Å²) in [4.78, 5) is 0. The van der Waals surface area contributed by atoms with E-state index in [1.165, 1.54) is 11.1 Å². The molecule has 0 saturated heterocycles. The van der Waals surface area contributed by atoms with Crippen LogP contribution in [0.2, 0.25) is 5.02 Å². The molecule has 2 rings (SSSR count). The fraction of sp³-hybridized carbons (Fsp3) is 0.200. The highest BCUT2D eigenvalue weighted by Crippen LogP contribution is 2.27. The Morgan fingerprint density at radius 2 is 1.94 bits per heavy atom. The number of hydrogen-bond acceptors (Lipinski definition) is 1. The summed E-state index contributed by atoms with van der Waals surface area (Å²) in [5, 5.41) is 0.722. The zero-order valence-electron chi connectivity index (χ0n) is 10.2. The summed E-state index contributed by atoms with van der Waals surface area (Å²) >= 11 is 9.65. The maximum Gasteiger partial charge on any atom is 0.0454 e. The van der Waals surface area contributed by atoms with Gasteiger partial charge in [-0.25, -0.2) is 0 Å². The summed E-state index contributed by atoms with van der Waals surface area (Å²) in [6.07, 6.45) is 0.794. The zero-order chi connectivity index (χ0) is 13.1. The summed E-state index contributed by atoms with van der Waals surface area (Å²) in [5.41, 5.74) is 9.77. The smallest absolute Gasteiger partial charge is 0.0454 e. The second-order valence-corrected chi connectivity index (χ2v) is 5.73. The molecular formula is C15H15BrClN. The normalized spacial score (nSPS) is 12.4. The van der Waals surface area contributed by atoms with Crippen molar-refractivity contribution >= 4 is 27.5 Å². The lowest BCUT2D eigenvalue weighted by Crippen LogP contribution is -2.14. The molecule has 2 aromatic rings. The highest BCUT2D eigenvalue weighted by molar-refractivity contribution is 9.10. The van der Waals surface area contributed by atoms with Crippen LogP contribution in [-0.2, 0) is 6.42 Å². The van der Waals surface area contributed by atoms with Crippen molar-refractivity contribution in [3.63, 3.8) is 0 Å². The van der Waals surface area contributed by atoms with Gasteiger partial charge < -0.3 is 5.73 Å². The first-order valence-electron chi connectivity index (χ1n) is 5.83. The van der Waals surface area contributed by atoms with Crippen molar-refractivity contribution in [2.24, 2.45) is 5.73 Å². The van der Waals surface area contributed by atoms with Gasteiger partial charge in [0.1, 0.15) is 0 Å². The van der Waals surface area contributed by atoms with E-state index in [4.69, 9.17) is 17.3 Å². The van der Waals surface area contributed by atoms with Crippen LogP contribution in [-0.4, -0.2) is 0 Å². The summed E-state index contributed by atoms with van der Waals surface area (Å²) in [6, 6.07) is 14.0. The van der Waals surface area contributed by atoms with Crippen molar-refractivity contribution in [2.75, 3.05) is 0 Å². The minimum Gasteiger partial charge on any atom is -0.324 e. The van der Waals surface area contributed by atoms with Crippen molar-refractivity contribution in [1.82, 2.24) is 0 Å². The van der Waals surface area contributed by atoms with Gasteiger partial charge in [0.15, 0.2) is 0 Å². The molecule has 1 unspecified atom stereocenters. The van der Waals surface area contributed by atoms with Crippen LogP contribution >= 0.6 is 27.5 Å². The van der Waals surface area contributed by atoms with Crippen LogP contribution < -0.4 is 5.73 Å². The van der Waals surface area contributed by atoms with E-state index >= 15 is 0 Å². The van der Waals surface area contributed by atoms with Gasteiger partial charge in [-0.3, -0.25) is 0 Å². The van der Waals surface area contributed by atoms with Crippen LogP contribution in [0.1, 0.15) is 22.7 Å². The number of benzene rings is 2. The van der Waals surface area contributed by atoms with E-state index in [9.17, 15) is 0 Å². The van der Waals surface area contributed by atoms with Gasteiger partial charge in [0, 0.05) is 15.5 Å². The fourth-order valence-electron chi connectivity index (χ4n) is 1.98. The Bertz CT molecular complexity index is 554. The van der Waals surface area contributed by atoms with Crippen molar-refractivity contribution in [1.29, 1.82) is 0 Å². The molecule has 0 aliphatic rings. The standard InChI is InChI=1S/C15H15BrClN/c1-10-4-2-3-5-11(10)8-15(18)13-9-12(16)6-7-14(13)17/h2-7,9,15H,8,18H2,1H3. The maximum absolute atomic E-state index is 6.26. The molecule has 0 fully saturated rings. The fourth-order valence-corrected chi connectivity index (χ4v) is 2.62. The first-order valence-corrected chi connectivity index (χ1v) is 7.00. The first-order chi connectivity index (χ1) is 8.58. The number of hydrogen-bond donors (Lipinski definition) is 1. The molecule has 0 amide bonds. The van der Waals surface area contributed by atoms with Crippen LogP contribution in [0, 0.1) is 6.92 Å². The quantitative estimate of drug-likeness (QED) is 0.873. The van der Waals surface area contributed by atoms with Gasteiger partial charge in [-0.05, 0) is 48.2 Å². The highest BCUT2D eigenvalue weighted by atomic mass is 79.9. The average molecular weight is 325 g/mol. The van der Waals surface area contributed by atoms with E-state index < -0.39 is 0 Å². The number of nitrogens with two attached hydrogens (primary N) is 1. The van der Waals surface area contributed by atoms with Crippen LogP contribution in [0.5, 0.6) is 0 Å². The highest BCUT2D eigenvalue weighted by Gasteiger charge is 2.12. The molecule has 1 atom stereocenters. The number of halogens is 2. The predicted molar refractivity (Wildman–Crippen MR) is 81.0 cm³/mol. The maximum atomic E-state index is 6.26. The minimum absolute atomic E-state index is 0.0869. The molecule has 3 heteroatoms. The molecule has 0 aromatic heterocycles.